The molecule has 0 atom stereocenters. The summed E-state index contributed by atoms with van der Waals surface area (Å²) in [7, 11) is 0. The van der Waals surface area contributed by atoms with E-state index in [0.717, 1.165) is 33.4 Å². The average molecular weight is 342 g/mol. The third-order valence-electron chi connectivity index (χ3n) is 4.63. The Morgan fingerprint density at radius 3 is 2.36 bits per heavy atom. The second-order valence-electron chi connectivity index (χ2n) is 5.96. The van der Waals surface area contributed by atoms with Gasteiger partial charge in [0.15, 0.2) is 0 Å². The fourth-order valence-electron chi connectivity index (χ4n) is 3.60. The van der Waals surface area contributed by atoms with Gasteiger partial charge in [0.25, 0.3) is 0 Å². The lowest BCUT2D eigenvalue weighted by Gasteiger charge is -2.16. The maximum absolute atomic E-state index is 9.73. The Morgan fingerprint density at radius 2 is 1.64 bits per heavy atom. The molecule has 0 fully saturated rings. The van der Waals surface area contributed by atoms with E-state index in [9.17, 15) is 10.5 Å². The molecule has 3 nitrogen and oxygen atoms in total. The number of hydrogen-bond acceptors (Lipinski definition) is 3. The van der Waals surface area contributed by atoms with Gasteiger partial charge in [-0.05, 0) is 40.8 Å². The van der Waals surface area contributed by atoms with Crippen LogP contribution in [-0.2, 0) is 6.42 Å². The molecule has 2 N–H and O–H groups in total. The second kappa shape index (κ2) is 5.67. The van der Waals surface area contributed by atoms with Crippen molar-refractivity contribution in [2.75, 3.05) is 5.73 Å². The molecule has 0 heterocycles. The van der Waals surface area contributed by atoms with E-state index in [-0.39, 0.29) is 5.69 Å². The van der Waals surface area contributed by atoms with Crippen molar-refractivity contribution in [3.05, 3.63) is 75.8 Å². The van der Waals surface area contributed by atoms with Crippen LogP contribution in [0.4, 0.5) is 5.69 Å². The van der Waals surface area contributed by atoms with Crippen molar-refractivity contribution < 1.29 is 0 Å². The minimum Gasteiger partial charge on any atom is -0.397 e. The molecule has 0 saturated carbocycles. The Kier molecular flexibility index (Phi) is 3.46. The number of nitriles is 2. The summed E-state index contributed by atoms with van der Waals surface area (Å²) in [6, 6.07) is 19.7. The van der Waals surface area contributed by atoms with Gasteiger partial charge in [-0.1, -0.05) is 48.0 Å². The summed E-state index contributed by atoms with van der Waals surface area (Å²) in [6.07, 6.45) is 0.664. The van der Waals surface area contributed by atoms with Crippen LogP contribution in [0, 0.1) is 22.7 Å². The normalized spacial score (nSPS) is 11.3. The molecule has 0 unspecified atom stereocenters. The Hall–Kier alpha value is -3.27. The largest absolute Gasteiger partial charge is 0.397 e. The van der Waals surface area contributed by atoms with Crippen LogP contribution in [0.2, 0.25) is 5.02 Å². The molecule has 1 aliphatic rings. The molecule has 0 spiro atoms. The summed E-state index contributed by atoms with van der Waals surface area (Å²) in [6.45, 7) is 0. The number of rotatable bonds is 1. The van der Waals surface area contributed by atoms with Crippen molar-refractivity contribution >= 4 is 17.3 Å². The number of anilines is 1. The molecule has 0 radical (unpaired) electrons. The lowest BCUT2D eigenvalue weighted by molar-refractivity contribution is 1.26. The highest BCUT2D eigenvalue weighted by Gasteiger charge is 2.29. The lowest BCUT2D eigenvalue weighted by Crippen LogP contribution is -2.03. The summed E-state index contributed by atoms with van der Waals surface area (Å²) in [5, 5.41) is 20.0. The van der Waals surface area contributed by atoms with Crippen LogP contribution in [-0.4, -0.2) is 0 Å². The Bertz CT molecular complexity index is 1120. The van der Waals surface area contributed by atoms with Crippen LogP contribution in [0.5, 0.6) is 0 Å². The first kappa shape index (κ1) is 15.3. The van der Waals surface area contributed by atoms with Gasteiger partial charge in [-0.15, -0.1) is 0 Å². The highest BCUT2D eigenvalue weighted by atomic mass is 35.5. The van der Waals surface area contributed by atoms with Crippen LogP contribution in [0.25, 0.3) is 22.3 Å². The molecular formula is C21H12ClN3. The molecule has 0 aromatic heterocycles. The Morgan fingerprint density at radius 1 is 0.920 bits per heavy atom. The zero-order valence-electron chi connectivity index (χ0n) is 13.2. The molecule has 4 rings (SSSR count). The molecular weight excluding hydrogens is 330 g/mol. The molecule has 0 bridgehead atoms. The summed E-state index contributed by atoms with van der Waals surface area (Å²) in [5.41, 5.74) is 12.7. The summed E-state index contributed by atoms with van der Waals surface area (Å²) in [4.78, 5) is 0. The summed E-state index contributed by atoms with van der Waals surface area (Å²) >= 11 is 6.16. The van der Waals surface area contributed by atoms with Crippen molar-refractivity contribution in [1.82, 2.24) is 0 Å². The minimum absolute atomic E-state index is 0.232. The first-order valence-electron chi connectivity index (χ1n) is 7.78. The number of nitrogens with zero attached hydrogens (tertiary/aromatic N) is 2. The zero-order valence-corrected chi connectivity index (χ0v) is 13.9. The number of nitrogens with two attached hydrogens (primary N) is 1. The van der Waals surface area contributed by atoms with Crippen molar-refractivity contribution in [3.8, 4) is 34.4 Å². The number of halogens is 1. The number of benzene rings is 3. The first-order valence-corrected chi connectivity index (χ1v) is 8.16. The predicted octanol–water partition coefficient (Wildman–Crippen LogP) is 4.90. The van der Waals surface area contributed by atoms with E-state index in [2.05, 4.69) is 12.1 Å². The van der Waals surface area contributed by atoms with Gasteiger partial charge in [-0.2, -0.15) is 10.5 Å². The summed E-state index contributed by atoms with van der Waals surface area (Å²) in [5.74, 6) is 0. The first-order chi connectivity index (χ1) is 12.2. The van der Waals surface area contributed by atoms with Crippen LogP contribution in [0.15, 0.2) is 48.5 Å². The van der Waals surface area contributed by atoms with Crippen molar-refractivity contribution in [2.24, 2.45) is 0 Å². The van der Waals surface area contributed by atoms with Crippen molar-refractivity contribution in [1.29, 1.82) is 10.5 Å². The van der Waals surface area contributed by atoms with Gasteiger partial charge in [-0.25, -0.2) is 0 Å². The van der Waals surface area contributed by atoms with E-state index in [4.69, 9.17) is 17.3 Å². The molecule has 0 aliphatic heterocycles. The number of fused-ring (bicyclic) bond motifs is 3. The van der Waals surface area contributed by atoms with Crippen LogP contribution < -0.4 is 5.73 Å². The van der Waals surface area contributed by atoms with Gasteiger partial charge in [0, 0.05) is 16.1 Å². The van der Waals surface area contributed by atoms with Crippen LogP contribution in [0.3, 0.4) is 0 Å². The molecule has 1 aliphatic carbocycles. The maximum atomic E-state index is 9.73. The van der Waals surface area contributed by atoms with E-state index in [1.165, 1.54) is 0 Å². The van der Waals surface area contributed by atoms with Crippen molar-refractivity contribution in [2.45, 2.75) is 6.42 Å². The smallest absolute Gasteiger partial charge is 0.102 e. The minimum atomic E-state index is 0.232. The maximum Gasteiger partial charge on any atom is 0.102 e. The fourth-order valence-corrected chi connectivity index (χ4v) is 3.79. The SMILES string of the molecule is N#Cc1c(N)c(C#N)c2c(c1-c1cccc(Cl)c1)Cc1ccccc1-2. The molecule has 3 aromatic carbocycles. The molecule has 25 heavy (non-hydrogen) atoms. The van der Waals surface area contributed by atoms with E-state index in [1.807, 2.05) is 42.5 Å². The highest BCUT2D eigenvalue weighted by Crippen LogP contribution is 2.47. The molecule has 118 valence electrons. The molecule has 0 saturated heterocycles. The average Bonchev–Trinajstić information content (AvgIpc) is 2.99. The van der Waals surface area contributed by atoms with Gasteiger partial charge in [0.1, 0.15) is 12.1 Å². The molecule has 4 heteroatoms. The second-order valence-corrected chi connectivity index (χ2v) is 6.40. The fraction of sp³-hybridized carbons (Fsp3) is 0.0476. The van der Waals surface area contributed by atoms with Gasteiger partial charge in [-0.3, -0.25) is 0 Å². The van der Waals surface area contributed by atoms with Gasteiger partial charge in [0.2, 0.25) is 0 Å². The highest BCUT2D eigenvalue weighted by molar-refractivity contribution is 6.30. The Balaban J connectivity index is 2.16. The van der Waals surface area contributed by atoms with Gasteiger partial charge < -0.3 is 5.73 Å². The van der Waals surface area contributed by atoms with E-state index in [1.54, 1.807) is 6.07 Å². The van der Waals surface area contributed by atoms with Crippen LogP contribution in [0.1, 0.15) is 22.3 Å². The quantitative estimate of drug-likeness (QED) is 0.500. The predicted molar refractivity (Wildman–Crippen MR) is 99.0 cm³/mol. The van der Waals surface area contributed by atoms with Gasteiger partial charge in [0.05, 0.1) is 16.8 Å². The number of hydrogen-bond donors (Lipinski definition) is 1. The molecule has 3 aromatic rings. The standard InChI is InChI=1S/C21H12ClN3/c22-14-6-3-5-13(8-14)19-16-9-12-4-1-2-7-15(12)20(16)18(11-24)21(25)17(19)10-23/h1-8H,9,25H2. The third-order valence-corrected chi connectivity index (χ3v) is 4.87. The van der Waals surface area contributed by atoms with Crippen molar-refractivity contribution in [3.63, 3.8) is 0 Å². The lowest BCUT2D eigenvalue weighted by atomic mass is 9.87. The Labute approximate surface area is 150 Å². The monoisotopic (exact) mass is 341 g/mol. The zero-order chi connectivity index (χ0) is 17.6. The molecule has 0 amide bonds. The third kappa shape index (κ3) is 2.18. The van der Waals surface area contributed by atoms with E-state index < -0.39 is 0 Å². The van der Waals surface area contributed by atoms with Crippen LogP contribution >= 0.6 is 11.6 Å². The topological polar surface area (TPSA) is 73.6 Å². The van der Waals surface area contributed by atoms with E-state index >= 15 is 0 Å². The number of nitrogen functional groups attached to an aromatic ring is 1. The van der Waals surface area contributed by atoms with E-state index in [0.29, 0.717) is 22.6 Å². The van der Waals surface area contributed by atoms with Gasteiger partial charge >= 0.3 is 0 Å². The summed E-state index contributed by atoms with van der Waals surface area (Å²) < 4.78 is 0.